The van der Waals surface area contributed by atoms with Gasteiger partial charge in [0.25, 0.3) is 0 Å². The molecule has 0 bridgehead atoms. The van der Waals surface area contributed by atoms with Gasteiger partial charge in [-0.15, -0.1) is 0 Å². The lowest BCUT2D eigenvalue weighted by Gasteiger charge is -2.13. The van der Waals surface area contributed by atoms with Crippen molar-refractivity contribution >= 4 is 12.9 Å². The third-order valence-corrected chi connectivity index (χ3v) is 4.86. The zero-order valence-electron chi connectivity index (χ0n) is 17.6. The topological polar surface area (TPSA) is 77.0 Å². The molecule has 0 spiro atoms. The summed E-state index contributed by atoms with van der Waals surface area (Å²) in [5, 5.41) is 3.34. The monoisotopic (exact) mass is 420 g/mol. The Hall–Kier alpha value is -3.45. The largest absolute Gasteiger partial charge is 0.488 e. The number of halogens is 1. The number of rotatable bonds is 6. The fourth-order valence-corrected chi connectivity index (χ4v) is 3.44. The molecule has 160 valence electrons. The van der Waals surface area contributed by atoms with E-state index in [-0.39, 0.29) is 11.9 Å². The predicted molar refractivity (Wildman–Crippen MR) is 118 cm³/mol. The molecule has 1 N–H and O–H groups in total. The summed E-state index contributed by atoms with van der Waals surface area (Å²) in [5.41, 5.74) is 4.69. The Balaban J connectivity index is 0.00000132. The van der Waals surface area contributed by atoms with E-state index in [1.54, 1.807) is 18.5 Å². The van der Waals surface area contributed by atoms with Crippen molar-refractivity contribution in [3.8, 4) is 17.0 Å². The van der Waals surface area contributed by atoms with Crippen LogP contribution in [0.5, 0.6) is 5.75 Å². The van der Waals surface area contributed by atoms with Gasteiger partial charge in [-0.1, -0.05) is 12.1 Å². The molecular formula is C24H25FN4O2. The Labute approximate surface area is 181 Å². The number of benzene rings is 1. The maximum absolute atomic E-state index is 14.4. The Kier molecular flexibility index (Phi) is 7.56. The second-order valence-electron chi connectivity index (χ2n) is 7.11. The van der Waals surface area contributed by atoms with E-state index in [4.69, 9.17) is 9.53 Å². The Morgan fingerprint density at radius 2 is 2.06 bits per heavy atom. The van der Waals surface area contributed by atoms with Gasteiger partial charge in [-0.3, -0.25) is 9.97 Å². The van der Waals surface area contributed by atoms with Crippen LogP contribution in [0.2, 0.25) is 0 Å². The highest BCUT2D eigenvalue weighted by Crippen LogP contribution is 2.40. The minimum absolute atomic E-state index is 0.123. The number of hydrogen-bond acceptors (Lipinski definition) is 6. The molecule has 1 aromatic carbocycles. The van der Waals surface area contributed by atoms with Gasteiger partial charge in [-0.2, -0.15) is 0 Å². The molecule has 2 aromatic heterocycles. The lowest BCUT2D eigenvalue weighted by molar-refractivity contribution is -0.0979. The summed E-state index contributed by atoms with van der Waals surface area (Å²) >= 11 is 0. The number of carbonyl (C=O) groups excluding carboxylic acids is 1. The number of aryl methyl sites for hydroxylation is 2. The number of carbonyl (C=O) groups is 1. The lowest BCUT2D eigenvalue weighted by atomic mass is 10.0. The van der Waals surface area contributed by atoms with Gasteiger partial charge >= 0.3 is 0 Å². The third kappa shape index (κ3) is 5.38. The van der Waals surface area contributed by atoms with Crippen LogP contribution in [-0.4, -0.2) is 40.9 Å². The molecule has 0 radical (unpaired) electrons. The molecule has 0 amide bonds. The highest BCUT2D eigenvalue weighted by Gasteiger charge is 2.29. The van der Waals surface area contributed by atoms with Crippen LogP contribution in [0.1, 0.15) is 22.6 Å². The molecule has 0 fully saturated rings. The van der Waals surface area contributed by atoms with E-state index in [1.807, 2.05) is 51.0 Å². The van der Waals surface area contributed by atoms with E-state index >= 15 is 0 Å². The SMILES string of the molecule is C=O.Cc1cnc(C)c(-c2ccc(F)c3c2OC(CNC/C=C/c2ccccn2)C3)n1. The first kappa shape index (κ1) is 22.2. The molecule has 7 heteroatoms. The van der Waals surface area contributed by atoms with Crippen molar-refractivity contribution in [1.29, 1.82) is 0 Å². The second-order valence-corrected chi connectivity index (χ2v) is 7.11. The summed E-state index contributed by atoms with van der Waals surface area (Å²) in [4.78, 5) is 21.2. The number of hydrogen-bond donors (Lipinski definition) is 1. The smallest absolute Gasteiger partial charge is 0.135 e. The Morgan fingerprint density at radius 1 is 1.23 bits per heavy atom. The van der Waals surface area contributed by atoms with E-state index < -0.39 is 0 Å². The van der Waals surface area contributed by atoms with Gasteiger partial charge in [0.1, 0.15) is 24.5 Å². The highest BCUT2D eigenvalue weighted by atomic mass is 19.1. The van der Waals surface area contributed by atoms with Crippen molar-refractivity contribution in [2.75, 3.05) is 13.1 Å². The van der Waals surface area contributed by atoms with Gasteiger partial charge in [-0.25, -0.2) is 9.37 Å². The molecule has 1 aliphatic rings. The summed E-state index contributed by atoms with van der Waals surface area (Å²) in [5.74, 6) is 0.350. The molecule has 1 aliphatic heterocycles. The van der Waals surface area contributed by atoms with Crippen molar-refractivity contribution in [3.63, 3.8) is 0 Å². The second kappa shape index (κ2) is 10.5. The van der Waals surface area contributed by atoms with Gasteiger partial charge in [0.15, 0.2) is 0 Å². The van der Waals surface area contributed by atoms with Gasteiger partial charge < -0.3 is 14.8 Å². The third-order valence-electron chi connectivity index (χ3n) is 4.86. The van der Waals surface area contributed by atoms with Crippen molar-refractivity contribution in [2.45, 2.75) is 26.4 Å². The molecule has 0 saturated carbocycles. The fourth-order valence-electron chi connectivity index (χ4n) is 3.44. The Bertz CT molecular complexity index is 1060. The average Bonchev–Trinajstić information content (AvgIpc) is 3.23. The Morgan fingerprint density at radius 3 is 2.84 bits per heavy atom. The van der Waals surface area contributed by atoms with E-state index in [2.05, 4.69) is 20.3 Å². The van der Waals surface area contributed by atoms with Crippen LogP contribution in [0.25, 0.3) is 17.3 Å². The first-order valence-electron chi connectivity index (χ1n) is 9.97. The number of nitrogens with one attached hydrogen (secondary N) is 1. The lowest BCUT2D eigenvalue weighted by Crippen LogP contribution is -2.30. The summed E-state index contributed by atoms with van der Waals surface area (Å²) in [6.45, 7) is 7.11. The summed E-state index contributed by atoms with van der Waals surface area (Å²) in [6, 6.07) is 9.02. The molecule has 4 rings (SSSR count). The van der Waals surface area contributed by atoms with Crippen LogP contribution >= 0.6 is 0 Å². The fraction of sp³-hybridized carbons (Fsp3) is 0.250. The van der Waals surface area contributed by atoms with Crippen molar-refractivity contribution < 1.29 is 13.9 Å². The van der Waals surface area contributed by atoms with Crippen molar-refractivity contribution in [1.82, 2.24) is 20.3 Å². The minimum Gasteiger partial charge on any atom is -0.488 e. The number of nitrogens with zero attached hydrogens (tertiary/aromatic N) is 3. The zero-order chi connectivity index (χ0) is 22.2. The maximum atomic E-state index is 14.4. The van der Waals surface area contributed by atoms with E-state index in [9.17, 15) is 4.39 Å². The molecule has 31 heavy (non-hydrogen) atoms. The number of aromatic nitrogens is 3. The number of fused-ring (bicyclic) bond motifs is 1. The van der Waals surface area contributed by atoms with Crippen LogP contribution < -0.4 is 10.1 Å². The minimum atomic E-state index is -0.237. The quantitative estimate of drug-likeness (QED) is 0.613. The standard InChI is InChI=1S/C23H23FN4O.CH2O/c1-15-13-27-16(2)22(28-15)19-8-9-21(24)20-12-18(29-23(19)20)14-25-10-5-7-17-6-3-4-11-26-17;1-2/h3-9,11,13,18,25H,10,12,14H2,1-2H3;1H2/b7-5+;. The van der Waals surface area contributed by atoms with Crippen molar-refractivity contribution in [2.24, 2.45) is 0 Å². The van der Waals surface area contributed by atoms with Gasteiger partial charge in [0, 0.05) is 43.0 Å². The average molecular weight is 420 g/mol. The molecule has 1 atom stereocenters. The van der Waals surface area contributed by atoms with Crippen LogP contribution in [0.4, 0.5) is 4.39 Å². The van der Waals surface area contributed by atoms with Gasteiger partial charge in [-0.05, 0) is 44.2 Å². The van der Waals surface area contributed by atoms with E-state index in [1.165, 1.54) is 6.07 Å². The molecule has 0 aliphatic carbocycles. The van der Waals surface area contributed by atoms with E-state index in [0.29, 0.717) is 30.8 Å². The first-order valence-corrected chi connectivity index (χ1v) is 9.97. The normalized spacial score (nSPS) is 14.6. The van der Waals surface area contributed by atoms with E-state index in [0.717, 1.165) is 28.3 Å². The number of pyridine rings is 1. The zero-order valence-corrected chi connectivity index (χ0v) is 17.6. The van der Waals surface area contributed by atoms with Gasteiger partial charge in [0.05, 0.1) is 22.8 Å². The molecule has 3 heterocycles. The molecule has 3 aromatic rings. The first-order chi connectivity index (χ1) is 15.1. The van der Waals surface area contributed by atoms with Crippen LogP contribution in [-0.2, 0) is 11.2 Å². The maximum Gasteiger partial charge on any atom is 0.135 e. The molecule has 6 nitrogen and oxygen atoms in total. The van der Waals surface area contributed by atoms with Crippen LogP contribution in [0.15, 0.2) is 48.8 Å². The van der Waals surface area contributed by atoms with Gasteiger partial charge in [0.2, 0.25) is 0 Å². The predicted octanol–water partition coefficient (Wildman–Crippen LogP) is 3.72. The molecule has 1 unspecified atom stereocenters. The summed E-state index contributed by atoms with van der Waals surface area (Å²) in [7, 11) is 0. The molecule has 0 saturated heterocycles. The van der Waals surface area contributed by atoms with Crippen LogP contribution in [0, 0.1) is 19.7 Å². The number of ether oxygens (including phenoxy) is 1. The molecular weight excluding hydrogens is 395 g/mol. The highest BCUT2D eigenvalue weighted by molar-refractivity contribution is 5.72. The van der Waals surface area contributed by atoms with Crippen LogP contribution in [0.3, 0.4) is 0 Å². The summed E-state index contributed by atoms with van der Waals surface area (Å²) in [6.07, 6.45) is 7.89. The summed E-state index contributed by atoms with van der Waals surface area (Å²) < 4.78 is 20.5. The van der Waals surface area contributed by atoms with Crippen molar-refractivity contribution in [3.05, 3.63) is 77.3 Å².